The van der Waals surface area contributed by atoms with Crippen molar-refractivity contribution in [1.82, 2.24) is 0 Å². The van der Waals surface area contributed by atoms with Gasteiger partial charge in [-0.05, 0) is 39.0 Å². The molecule has 0 aliphatic carbocycles. The minimum absolute atomic E-state index is 0.00143. The third-order valence-corrected chi connectivity index (χ3v) is 12.2. The molecule has 326 valence electrons. The van der Waals surface area contributed by atoms with Gasteiger partial charge in [-0.15, -0.1) is 0 Å². The molecule has 0 fully saturated rings. The van der Waals surface area contributed by atoms with Gasteiger partial charge in [-0.2, -0.15) is 0 Å². The van der Waals surface area contributed by atoms with Crippen molar-refractivity contribution in [3.63, 3.8) is 0 Å². The minimum Gasteiger partial charge on any atom is -0.390 e. The molecule has 0 saturated carbocycles. The van der Waals surface area contributed by atoms with Crippen molar-refractivity contribution in [2.75, 3.05) is 92.5 Å². The number of hydrogen-bond acceptors (Lipinski definition) is 22. The van der Waals surface area contributed by atoms with E-state index in [2.05, 4.69) is 72.0 Å². The van der Waals surface area contributed by atoms with Gasteiger partial charge in [0.25, 0.3) is 0 Å². The van der Waals surface area contributed by atoms with Crippen LogP contribution in [0.1, 0.15) is 39.0 Å². The van der Waals surface area contributed by atoms with Crippen LogP contribution in [0.2, 0.25) is 30.2 Å². The van der Waals surface area contributed by atoms with Gasteiger partial charge in [0.15, 0.2) is 21.5 Å². The molecule has 0 heterocycles. The second kappa shape index (κ2) is 27.1. The van der Waals surface area contributed by atoms with E-state index in [1.54, 1.807) is 6.92 Å². The zero-order chi connectivity index (χ0) is 52.0. The summed E-state index contributed by atoms with van der Waals surface area (Å²) in [6.07, 6.45) is 0.594. The lowest BCUT2D eigenvalue weighted by Gasteiger charge is -2.37. The van der Waals surface area contributed by atoms with Gasteiger partial charge in [0.1, 0.15) is 0 Å². The van der Waals surface area contributed by atoms with Gasteiger partial charge in [-0.25, -0.2) is 0 Å². The van der Waals surface area contributed by atoms with Crippen LogP contribution in [0.3, 0.4) is 0 Å². The average molecular weight is 913 g/mol. The monoisotopic (exact) mass is 912 g/mol. The van der Waals surface area contributed by atoms with E-state index < -0.39 is 54.9 Å². The maximum Gasteiger partial charge on any atom is 0.492 e. The molecule has 0 aromatic heterocycles. The molecular weight excluding hydrogens is 817 g/mol. The van der Waals surface area contributed by atoms with Crippen LogP contribution < -0.4 is 0 Å². The fraction of sp³-hybridized carbons (Fsp3) is 1.00. The summed E-state index contributed by atoms with van der Waals surface area (Å²) in [6.45, 7) is 0.793. The van der Waals surface area contributed by atoms with E-state index in [1.807, 2.05) is 0 Å². The van der Waals surface area contributed by atoms with Gasteiger partial charge >= 0.3 is 44.0 Å². The van der Waals surface area contributed by atoms with E-state index >= 15 is 0 Å². The fourth-order valence-corrected chi connectivity index (χ4v) is 7.59. The predicted octanol–water partition coefficient (Wildman–Crippen LogP) is -5.38. The summed E-state index contributed by atoms with van der Waals surface area (Å²) in [5.74, 6) is 0. The molecule has 0 aliphatic heterocycles. The number of rotatable bonds is 52. The molecule has 54 heavy (non-hydrogen) atoms. The van der Waals surface area contributed by atoms with Crippen LogP contribution in [0.5, 0.6) is 0 Å². The first-order valence-corrected chi connectivity index (χ1v) is 27.1. The SMILES string of the molecule is [3H]O[Si](CCCOCC(COCC)(COCCC[Si](O[3H])(O[3H])O[3H])COCC(COCCC[Si](O[3H])(O[3H])O[3H])(COCCC[Si](O[3H])(O[3H])O[3H])COCCC[Si](O[3H])(O[3H])O[3H])(O[3H])O[3H]. The Labute approximate surface area is 343 Å². The molecule has 0 amide bonds. The lowest BCUT2D eigenvalue weighted by atomic mass is 9.90. The largest absolute Gasteiger partial charge is 0.492 e. The summed E-state index contributed by atoms with van der Waals surface area (Å²) in [7, 11) is -19.7. The molecular formula is C27H66O22Si5. The Morgan fingerprint density at radius 1 is 0.333 bits per heavy atom. The Morgan fingerprint density at radius 2 is 0.537 bits per heavy atom. The number of hydrogen-bond donors (Lipinski definition) is 15. The molecule has 0 unspecified atom stereocenters. The van der Waals surface area contributed by atoms with Gasteiger partial charge < -0.3 is 105 Å². The number of ether oxygens (including phenoxy) is 7. The molecule has 0 saturated heterocycles. The average Bonchev–Trinajstić information content (AvgIpc) is 3.39. The molecule has 0 atom stereocenters. The normalized spacial score (nSPS) is 17.6. The predicted molar refractivity (Wildman–Crippen MR) is 195 cm³/mol. The summed E-state index contributed by atoms with van der Waals surface area (Å²) in [6, 6.07) is -0.648. The van der Waals surface area contributed by atoms with Crippen molar-refractivity contribution < 1.29 is 105 Å². The molecule has 27 heteroatoms. The minimum atomic E-state index is -3.95. The highest BCUT2D eigenvalue weighted by Crippen LogP contribution is 2.26. The van der Waals surface area contributed by atoms with E-state index in [4.69, 9.17) is 54.6 Å². The zero-order valence-electron chi connectivity index (χ0n) is 45.5. The molecule has 0 bridgehead atoms. The van der Waals surface area contributed by atoms with Crippen molar-refractivity contribution in [1.29, 1.82) is 21.5 Å². The molecule has 0 spiro atoms. The van der Waals surface area contributed by atoms with Crippen LogP contribution in [0.4, 0.5) is 0 Å². The highest BCUT2D eigenvalue weighted by atomic mass is 28.4. The standard InChI is InChI=1S/C27H66O22Si5/c1-2-43-18-26(19-44-8-3-13-50(28,29)30,20-45-9-4-14-51(31,32)33)24-49-25-27(21-46-10-5-15-52(34,35)36,22-47-11-6-16-53(37,38)39)23-48-12-7-17-54(40,41)42/h28-42H,2-25H2,1H3/i28T,29T,30T,31T,32T,33T,34T,35T,36T,37T,38T,39T,40T,41T,42T. The van der Waals surface area contributed by atoms with E-state index in [0.29, 0.717) is 0 Å². The van der Waals surface area contributed by atoms with Crippen LogP contribution in [0.15, 0.2) is 0 Å². The van der Waals surface area contributed by atoms with Gasteiger partial charge in [0, 0.05) is 69.9 Å². The molecule has 0 rings (SSSR count). The summed E-state index contributed by atoms with van der Waals surface area (Å²) >= 11 is 0. The van der Waals surface area contributed by atoms with Gasteiger partial charge in [-0.3, -0.25) is 0 Å². The Kier molecular flexibility index (Phi) is 16.5. The van der Waals surface area contributed by atoms with E-state index in [-0.39, 0.29) is 155 Å². The molecule has 0 radical (unpaired) electrons. The van der Waals surface area contributed by atoms with Gasteiger partial charge in [-0.1, -0.05) is 0 Å². The Balaban J connectivity index is 6.82. The molecule has 0 aliphatic rings. The highest BCUT2D eigenvalue weighted by Gasteiger charge is 2.38. The Morgan fingerprint density at radius 3 is 0.741 bits per heavy atom. The first-order chi connectivity index (χ1) is 33.2. The topological polar surface area (TPSA) is 368 Å². The third kappa shape index (κ3) is 34.3. The maximum atomic E-state index is 7.23. The summed E-state index contributed by atoms with van der Waals surface area (Å²) < 4.78 is 151. The van der Waals surface area contributed by atoms with Crippen molar-refractivity contribution in [3.8, 4) is 0 Å². The first-order valence-electron chi connectivity index (χ1n) is 23.5. The van der Waals surface area contributed by atoms with E-state index in [9.17, 15) is 0 Å². The van der Waals surface area contributed by atoms with Crippen LogP contribution in [0.25, 0.3) is 0 Å². The van der Waals surface area contributed by atoms with Gasteiger partial charge in [0.05, 0.1) is 63.7 Å². The lowest BCUT2D eigenvalue weighted by Crippen LogP contribution is -2.46. The van der Waals surface area contributed by atoms with Crippen molar-refractivity contribution in [3.05, 3.63) is 0 Å². The van der Waals surface area contributed by atoms with Crippen molar-refractivity contribution >= 4 is 44.0 Å². The highest BCUT2D eigenvalue weighted by molar-refractivity contribution is 6.57. The summed E-state index contributed by atoms with van der Waals surface area (Å²) in [4.78, 5) is 66.2. The second-order valence-corrected chi connectivity index (χ2v) is 22.7. The quantitative estimate of drug-likeness (QED) is 0.0200. The smallest absolute Gasteiger partial charge is 0.390 e. The lowest BCUT2D eigenvalue weighted by molar-refractivity contribution is -0.142. The fourth-order valence-electron chi connectivity index (χ4n) is 4.70. The van der Waals surface area contributed by atoms with Crippen molar-refractivity contribution in [2.24, 2.45) is 10.8 Å². The van der Waals surface area contributed by atoms with Gasteiger partial charge in [0.2, 0.25) is 0 Å². The molecule has 15 N–H and O–H groups in total. The zero-order valence-corrected chi connectivity index (χ0v) is 35.5. The maximum absolute atomic E-state index is 7.23. The third-order valence-electron chi connectivity index (χ3n) is 7.33. The van der Waals surface area contributed by atoms with Crippen LogP contribution in [-0.2, 0) is 33.2 Å². The second-order valence-electron chi connectivity index (χ2n) is 13.3. The molecule has 0 aromatic carbocycles. The first kappa shape index (κ1) is 33.0. The molecule has 0 aromatic rings. The van der Waals surface area contributed by atoms with Crippen molar-refractivity contribution in [2.45, 2.75) is 69.2 Å². The summed E-state index contributed by atoms with van der Waals surface area (Å²) in [5.41, 5.74) is -2.33. The summed E-state index contributed by atoms with van der Waals surface area (Å²) in [5, 5.41) is 0. The Bertz CT molecular complexity index is 1080. The Hall–Kier alpha value is 0.204. The van der Waals surface area contributed by atoms with E-state index in [1.165, 1.54) is 0 Å². The van der Waals surface area contributed by atoms with E-state index in [0.717, 1.165) is 0 Å². The van der Waals surface area contributed by atoms with Crippen LogP contribution in [0, 0.1) is 10.8 Å². The van der Waals surface area contributed by atoms with Crippen LogP contribution in [-0.4, -0.2) is 230 Å². The molecule has 22 nitrogen and oxygen atoms in total. The van der Waals surface area contributed by atoms with Crippen LogP contribution >= 0.6 is 0 Å².